The molecule has 2 bridgehead atoms. The third kappa shape index (κ3) is 3.31. The van der Waals surface area contributed by atoms with Gasteiger partial charge in [0, 0.05) is 42.6 Å². The maximum Gasteiger partial charge on any atom is 0.254 e. The second-order valence-corrected chi connectivity index (χ2v) is 8.47. The Hall–Kier alpha value is -3.00. The van der Waals surface area contributed by atoms with Crippen LogP contribution in [0, 0.1) is 26.6 Å². The van der Waals surface area contributed by atoms with Crippen LogP contribution >= 0.6 is 0 Å². The predicted octanol–water partition coefficient (Wildman–Crippen LogP) is 3.36. The fourth-order valence-electron chi connectivity index (χ4n) is 4.52. The van der Waals surface area contributed by atoms with Crippen molar-refractivity contribution >= 4 is 17.3 Å². The maximum absolute atomic E-state index is 14.0. The number of anilines is 3. The highest BCUT2D eigenvalue weighted by Gasteiger charge is 2.42. The minimum absolute atomic E-state index is 0.243. The van der Waals surface area contributed by atoms with E-state index in [1.54, 1.807) is 17.7 Å². The number of hydrogen-bond acceptors (Lipinski definition) is 6. The quantitative estimate of drug-likeness (QED) is 0.716. The van der Waals surface area contributed by atoms with Crippen molar-refractivity contribution in [2.75, 3.05) is 30.4 Å². The number of nitrogens with zero attached hydrogens (tertiary/aromatic N) is 6. The molecule has 5 rings (SSSR count). The number of likely N-dealkylation sites (tertiary alicyclic amines) is 1. The molecule has 4 heterocycles. The fourth-order valence-corrected chi connectivity index (χ4v) is 4.52. The summed E-state index contributed by atoms with van der Waals surface area (Å²) in [6, 6.07) is 10.1. The average Bonchev–Trinajstić information content (AvgIpc) is 3.37. The van der Waals surface area contributed by atoms with Gasteiger partial charge < -0.3 is 10.2 Å². The van der Waals surface area contributed by atoms with Gasteiger partial charge in [-0.3, -0.25) is 4.90 Å². The molecule has 156 valence electrons. The average molecular weight is 407 g/mol. The molecule has 0 saturated carbocycles. The van der Waals surface area contributed by atoms with Gasteiger partial charge >= 0.3 is 0 Å². The highest BCUT2D eigenvalue weighted by Crippen LogP contribution is 2.34. The summed E-state index contributed by atoms with van der Waals surface area (Å²) >= 11 is 0. The minimum atomic E-state index is -0.243. The molecule has 0 aliphatic carbocycles. The Labute approximate surface area is 175 Å². The number of likely N-dealkylation sites (N-methyl/N-ethyl adjacent to an activating group) is 1. The van der Waals surface area contributed by atoms with E-state index in [-0.39, 0.29) is 5.82 Å². The van der Waals surface area contributed by atoms with Crippen molar-refractivity contribution in [3.8, 4) is 5.95 Å². The number of fused-ring (bicyclic) bond motifs is 2. The molecule has 2 atom stereocenters. The smallest absolute Gasteiger partial charge is 0.254 e. The van der Waals surface area contributed by atoms with Crippen LogP contribution in [0.2, 0.25) is 0 Å². The highest BCUT2D eigenvalue weighted by atomic mass is 19.1. The van der Waals surface area contributed by atoms with Crippen molar-refractivity contribution in [3.05, 3.63) is 53.1 Å². The first-order valence-electron chi connectivity index (χ1n) is 10.3. The molecule has 0 radical (unpaired) electrons. The van der Waals surface area contributed by atoms with Crippen LogP contribution in [0.25, 0.3) is 5.95 Å². The number of nitrogens with one attached hydrogen (secondary N) is 1. The lowest BCUT2D eigenvalue weighted by Crippen LogP contribution is -2.45. The predicted molar refractivity (Wildman–Crippen MR) is 115 cm³/mol. The summed E-state index contributed by atoms with van der Waals surface area (Å²) in [4.78, 5) is 14.3. The second-order valence-electron chi connectivity index (χ2n) is 8.47. The van der Waals surface area contributed by atoms with Crippen LogP contribution in [-0.4, -0.2) is 56.9 Å². The lowest BCUT2D eigenvalue weighted by atomic mass is 10.2. The Morgan fingerprint density at radius 2 is 1.87 bits per heavy atom. The Balaban J connectivity index is 1.55. The lowest BCUT2D eigenvalue weighted by Gasteiger charge is -2.33. The number of rotatable bonds is 4. The van der Waals surface area contributed by atoms with Crippen molar-refractivity contribution in [2.24, 2.45) is 0 Å². The summed E-state index contributed by atoms with van der Waals surface area (Å²) in [5.74, 6) is 1.78. The van der Waals surface area contributed by atoms with Crippen molar-refractivity contribution in [2.45, 2.75) is 39.3 Å². The molecule has 8 heteroatoms. The van der Waals surface area contributed by atoms with E-state index < -0.39 is 0 Å². The maximum atomic E-state index is 14.0. The largest absolute Gasteiger partial charge is 0.350 e. The zero-order chi connectivity index (χ0) is 21.0. The Kier molecular flexibility index (Phi) is 4.47. The lowest BCUT2D eigenvalue weighted by molar-refractivity contribution is 0.292. The molecule has 2 fully saturated rings. The van der Waals surface area contributed by atoms with Crippen LogP contribution < -0.4 is 10.2 Å². The van der Waals surface area contributed by atoms with Gasteiger partial charge in [-0.1, -0.05) is 6.07 Å². The van der Waals surface area contributed by atoms with E-state index in [1.807, 2.05) is 32.0 Å². The Morgan fingerprint density at radius 3 is 2.50 bits per heavy atom. The molecular formula is C22H26FN7. The van der Waals surface area contributed by atoms with Crippen molar-refractivity contribution < 1.29 is 4.39 Å². The minimum Gasteiger partial charge on any atom is -0.350 e. The van der Waals surface area contributed by atoms with E-state index >= 15 is 0 Å². The van der Waals surface area contributed by atoms with Gasteiger partial charge in [-0.15, -0.1) is 0 Å². The molecule has 0 unspecified atom stereocenters. The van der Waals surface area contributed by atoms with Gasteiger partial charge in [0.1, 0.15) is 17.5 Å². The fraction of sp³-hybridized carbons (Fsp3) is 0.409. The number of benzene rings is 1. The number of halogens is 1. The first-order chi connectivity index (χ1) is 14.4. The second kappa shape index (κ2) is 7.05. The molecule has 2 aliphatic rings. The number of piperazine rings is 1. The molecular weight excluding hydrogens is 381 g/mol. The summed E-state index contributed by atoms with van der Waals surface area (Å²) in [5.41, 5.74) is 3.16. The van der Waals surface area contributed by atoms with E-state index in [0.29, 0.717) is 35.1 Å². The normalized spacial score (nSPS) is 20.9. The molecule has 1 aromatic carbocycles. The van der Waals surface area contributed by atoms with Crippen LogP contribution in [0.4, 0.5) is 21.7 Å². The summed E-state index contributed by atoms with van der Waals surface area (Å²) in [7, 11) is 2.18. The standard InChI is InChI=1S/C22H26FN7/c1-13-5-6-16(8-19(13)23)24-20-10-21(29-12-17-9-18(29)11-28(17)4)26-22(25-20)30-15(3)7-14(2)27-30/h5-8,10,17-18H,9,11-12H2,1-4H3,(H,24,25,26)/t17-,18-/m1/s1. The van der Waals surface area contributed by atoms with E-state index in [4.69, 9.17) is 9.97 Å². The summed E-state index contributed by atoms with van der Waals surface area (Å²) in [5, 5.41) is 7.81. The SMILES string of the molecule is Cc1cc(C)n(-c2nc(Nc3ccc(C)c(F)c3)cc(N3C[C@H]4C[C@@H]3CN4C)n2)n1. The van der Waals surface area contributed by atoms with Crippen LogP contribution in [0.15, 0.2) is 30.3 Å². The van der Waals surface area contributed by atoms with Crippen molar-refractivity contribution in [1.82, 2.24) is 24.6 Å². The van der Waals surface area contributed by atoms with E-state index in [9.17, 15) is 4.39 Å². The molecule has 30 heavy (non-hydrogen) atoms. The first kappa shape index (κ1) is 19.0. The third-order valence-electron chi connectivity index (χ3n) is 6.15. The van der Waals surface area contributed by atoms with Crippen LogP contribution in [0.1, 0.15) is 23.4 Å². The molecule has 0 amide bonds. The number of aryl methyl sites for hydroxylation is 3. The topological polar surface area (TPSA) is 62.1 Å². The number of aromatic nitrogens is 4. The van der Waals surface area contributed by atoms with E-state index in [2.05, 4.69) is 27.3 Å². The molecule has 1 N–H and O–H groups in total. The van der Waals surface area contributed by atoms with Gasteiger partial charge in [0.25, 0.3) is 5.95 Å². The van der Waals surface area contributed by atoms with Gasteiger partial charge in [0.05, 0.1) is 5.69 Å². The molecule has 2 aliphatic heterocycles. The molecule has 2 saturated heterocycles. The molecule has 0 spiro atoms. The summed E-state index contributed by atoms with van der Waals surface area (Å²) < 4.78 is 15.8. The van der Waals surface area contributed by atoms with E-state index in [0.717, 1.165) is 36.7 Å². The summed E-state index contributed by atoms with van der Waals surface area (Å²) in [6.45, 7) is 7.69. The Morgan fingerprint density at radius 1 is 1.03 bits per heavy atom. The van der Waals surface area contributed by atoms with Crippen molar-refractivity contribution in [1.29, 1.82) is 0 Å². The summed E-state index contributed by atoms with van der Waals surface area (Å²) in [6.07, 6.45) is 1.15. The number of hydrogen-bond donors (Lipinski definition) is 1. The van der Waals surface area contributed by atoms with Gasteiger partial charge in [0.2, 0.25) is 0 Å². The van der Waals surface area contributed by atoms with Crippen LogP contribution in [-0.2, 0) is 0 Å². The molecule has 7 nitrogen and oxygen atoms in total. The highest BCUT2D eigenvalue weighted by molar-refractivity contribution is 5.62. The zero-order valence-corrected chi connectivity index (χ0v) is 17.7. The van der Waals surface area contributed by atoms with Gasteiger partial charge in [0.15, 0.2) is 0 Å². The Bertz CT molecular complexity index is 1110. The monoisotopic (exact) mass is 407 g/mol. The molecule has 3 aromatic rings. The van der Waals surface area contributed by atoms with Gasteiger partial charge in [-0.2, -0.15) is 15.1 Å². The zero-order valence-electron chi connectivity index (χ0n) is 17.7. The van der Waals surface area contributed by atoms with Crippen LogP contribution in [0.3, 0.4) is 0 Å². The van der Waals surface area contributed by atoms with Gasteiger partial charge in [-0.25, -0.2) is 9.07 Å². The first-order valence-corrected chi connectivity index (χ1v) is 10.3. The van der Waals surface area contributed by atoms with Gasteiger partial charge in [-0.05, 0) is 58.0 Å². The van der Waals surface area contributed by atoms with Crippen molar-refractivity contribution in [3.63, 3.8) is 0 Å². The van der Waals surface area contributed by atoms with E-state index in [1.165, 1.54) is 6.07 Å². The third-order valence-corrected chi connectivity index (χ3v) is 6.15. The van der Waals surface area contributed by atoms with Crippen LogP contribution in [0.5, 0.6) is 0 Å². The molecule has 2 aromatic heterocycles.